The molecule has 0 radical (unpaired) electrons. The molecule has 0 saturated heterocycles. The van der Waals surface area contributed by atoms with Gasteiger partial charge in [-0.3, -0.25) is 0 Å². The molecule has 0 bridgehead atoms. The molecule has 2 rings (SSSR count). The number of benzene rings is 1. The van der Waals surface area contributed by atoms with Crippen LogP contribution in [0.5, 0.6) is 0 Å². The smallest absolute Gasteiger partial charge is 0.258 e. The number of aromatic nitrogens is 2. The molecule has 0 amide bonds. The van der Waals surface area contributed by atoms with E-state index >= 15 is 0 Å². The van der Waals surface area contributed by atoms with Crippen LogP contribution in [0.1, 0.15) is 30.3 Å². The lowest BCUT2D eigenvalue weighted by Crippen LogP contribution is -1.96. The highest BCUT2D eigenvalue weighted by molar-refractivity contribution is 5.66. The van der Waals surface area contributed by atoms with Crippen molar-refractivity contribution in [3.05, 3.63) is 29.1 Å². The molecule has 0 aliphatic heterocycles. The normalized spacial score (nSPS) is 10.9. The SMILES string of the molecule is CCCOCc1noc(-c2cc(N)cc(C)c2C)n1. The molecule has 1 aromatic carbocycles. The topological polar surface area (TPSA) is 74.2 Å². The highest BCUT2D eigenvalue weighted by Gasteiger charge is 2.13. The second-order valence-corrected chi connectivity index (χ2v) is 4.58. The largest absolute Gasteiger partial charge is 0.399 e. The van der Waals surface area contributed by atoms with Gasteiger partial charge in [0, 0.05) is 17.9 Å². The van der Waals surface area contributed by atoms with Gasteiger partial charge in [0.2, 0.25) is 0 Å². The van der Waals surface area contributed by atoms with E-state index in [1.54, 1.807) is 0 Å². The molecule has 2 N–H and O–H groups in total. The quantitative estimate of drug-likeness (QED) is 0.661. The maximum atomic E-state index is 5.86. The van der Waals surface area contributed by atoms with Gasteiger partial charge in [-0.25, -0.2) is 0 Å². The molecular weight excluding hydrogens is 242 g/mol. The van der Waals surface area contributed by atoms with Crippen LogP contribution in [0.4, 0.5) is 5.69 Å². The number of nitrogens with two attached hydrogens (primary N) is 1. The average molecular weight is 261 g/mol. The lowest BCUT2D eigenvalue weighted by Gasteiger charge is -2.06. The van der Waals surface area contributed by atoms with Gasteiger partial charge in [0.05, 0.1) is 0 Å². The second kappa shape index (κ2) is 5.84. The van der Waals surface area contributed by atoms with E-state index in [4.69, 9.17) is 15.0 Å². The van der Waals surface area contributed by atoms with Gasteiger partial charge in [0.25, 0.3) is 5.89 Å². The van der Waals surface area contributed by atoms with Crippen molar-refractivity contribution in [3.63, 3.8) is 0 Å². The highest BCUT2D eigenvalue weighted by atomic mass is 16.5. The number of rotatable bonds is 5. The fourth-order valence-electron chi connectivity index (χ4n) is 1.84. The fraction of sp³-hybridized carbons (Fsp3) is 0.429. The van der Waals surface area contributed by atoms with Gasteiger partial charge in [-0.2, -0.15) is 4.98 Å². The Balaban J connectivity index is 2.23. The molecule has 19 heavy (non-hydrogen) atoms. The van der Waals surface area contributed by atoms with Gasteiger partial charge in [0.1, 0.15) is 6.61 Å². The summed E-state index contributed by atoms with van der Waals surface area (Å²) in [6.07, 6.45) is 0.970. The molecule has 0 fully saturated rings. The van der Waals surface area contributed by atoms with Crippen LogP contribution in [-0.4, -0.2) is 16.7 Å². The minimum Gasteiger partial charge on any atom is -0.399 e. The fourth-order valence-corrected chi connectivity index (χ4v) is 1.84. The van der Waals surface area contributed by atoms with E-state index in [9.17, 15) is 0 Å². The molecule has 0 spiro atoms. The first kappa shape index (κ1) is 13.5. The molecule has 0 atom stereocenters. The number of nitrogen functional groups attached to an aromatic ring is 1. The Morgan fingerprint density at radius 2 is 2.11 bits per heavy atom. The summed E-state index contributed by atoms with van der Waals surface area (Å²) in [6, 6.07) is 3.78. The van der Waals surface area contributed by atoms with Gasteiger partial charge in [-0.15, -0.1) is 0 Å². The van der Waals surface area contributed by atoms with Crippen molar-refractivity contribution in [1.29, 1.82) is 0 Å². The Morgan fingerprint density at radius 3 is 2.84 bits per heavy atom. The van der Waals surface area contributed by atoms with Crippen molar-refractivity contribution in [1.82, 2.24) is 10.1 Å². The maximum Gasteiger partial charge on any atom is 0.258 e. The molecule has 2 aromatic rings. The van der Waals surface area contributed by atoms with E-state index in [2.05, 4.69) is 17.1 Å². The van der Waals surface area contributed by atoms with Gasteiger partial charge < -0.3 is 15.0 Å². The minimum atomic E-state index is 0.373. The standard InChI is InChI=1S/C14H19N3O2/c1-4-5-18-8-13-16-14(19-17-13)12-7-11(15)6-9(2)10(12)3/h6-7H,4-5,8,15H2,1-3H3. The van der Waals surface area contributed by atoms with Crippen molar-refractivity contribution < 1.29 is 9.26 Å². The number of ether oxygens (including phenoxy) is 1. The summed E-state index contributed by atoms with van der Waals surface area (Å²) in [5.41, 5.74) is 9.64. The molecular formula is C14H19N3O2. The van der Waals surface area contributed by atoms with E-state index in [0.717, 1.165) is 23.1 Å². The van der Waals surface area contributed by atoms with E-state index in [1.165, 1.54) is 0 Å². The van der Waals surface area contributed by atoms with Crippen molar-refractivity contribution >= 4 is 5.69 Å². The van der Waals surface area contributed by atoms with Crippen LogP contribution in [0, 0.1) is 13.8 Å². The Morgan fingerprint density at radius 1 is 1.32 bits per heavy atom. The lowest BCUT2D eigenvalue weighted by atomic mass is 10.0. The number of anilines is 1. The minimum absolute atomic E-state index is 0.373. The molecule has 0 unspecified atom stereocenters. The number of hydrogen-bond donors (Lipinski definition) is 1. The van der Waals surface area contributed by atoms with Gasteiger partial charge in [-0.05, 0) is 43.5 Å². The summed E-state index contributed by atoms with van der Waals surface area (Å²) < 4.78 is 10.7. The Labute approximate surface area is 112 Å². The van der Waals surface area contributed by atoms with Crippen LogP contribution in [0.25, 0.3) is 11.5 Å². The summed E-state index contributed by atoms with van der Waals surface area (Å²) in [4.78, 5) is 4.34. The van der Waals surface area contributed by atoms with Crippen LogP contribution in [0.3, 0.4) is 0 Å². The average Bonchev–Trinajstić information content (AvgIpc) is 2.83. The third-order valence-corrected chi connectivity index (χ3v) is 2.97. The van der Waals surface area contributed by atoms with Crippen molar-refractivity contribution in [2.24, 2.45) is 0 Å². The molecule has 1 aromatic heterocycles. The van der Waals surface area contributed by atoms with Crippen molar-refractivity contribution in [2.45, 2.75) is 33.8 Å². The predicted octanol–water partition coefficient (Wildman–Crippen LogP) is 2.86. The third-order valence-electron chi connectivity index (χ3n) is 2.97. The summed E-state index contributed by atoms with van der Waals surface area (Å²) >= 11 is 0. The summed E-state index contributed by atoms with van der Waals surface area (Å²) in [5.74, 6) is 1.05. The predicted molar refractivity (Wildman–Crippen MR) is 73.6 cm³/mol. The maximum absolute atomic E-state index is 5.86. The zero-order valence-corrected chi connectivity index (χ0v) is 11.6. The Bertz CT molecular complexity index is 564. The van der Waals surface area contributed by atoms with E-state index in [0.29, 0.717) is 30.6 Å². The molecule has 1 heterocycles. The molecule has 102 valence electrons. The van der Waals surface area contributed by atoms with Crippen LogP contribution < -0.4 is 5.73 Å². The number of hydrogen-bond acceptors (Lipinski definition) is 5. The first-order valence-electron chi connectivity index (χ1n) is 6.39. The molecule has 0 aliphatic carbocycles. The van der Waals surface area contributed by atoms with Crippen molar-refractivity contribution in [2.75, 3.05) is 12.3 Å². The van der Waals surface area contributed by atoms with Gasteiger partial charge in [-0.1, -0.05) is 12.1 Å². The Hall–Kier alpha value is -1.88. The van der Waals surface area contributed by atoms with Crippen LogP contribution in [0.15, 0.2) is 16.7 Å². The van der Waals surface area contributed by atoms with Crippen LogP contribution in [-0.2, 0) is 11.3 Å². The molecule has 5 nitrogen and oxygen atoms in total. The van der Waals surface area contributed by atoms with Gasteiger partial charge >= 0.3 is 0 Å². The van der Waals surface area contributed by atoms with E-state index in [-0.39, 0.29) is 0 Å². The van der Waals surface area contributed by atoms with E-state index < -0.39 is 0 Å². The van der Waals surface area contributed by atoms with Crippen LogP contribution in [0.2, 0.25) is 0 Å². The van der Waals surface area contributed by atoms with Crippen molar-refractivity contribution in [3.8, 4) is 11.5 Å². The number of aryl methyl sites for hydroxylation is 1. The molecule has 5 heteroatoms. The summed E-state index contributed by atoms with van der Waals surface area (Å²) in [6.45, 7) is 7.15. The summed E-state index contributed by atoms with van der Waals surface area (Å²) in [5, 5.41) is 3.91. The Kier molecular flexibility index (Phi) is 4.16. The zero-order chi connectivity index (χ0) is 13.8. The second-order valence-electron chi connectivity index (χ2n) is 4.58. The van der Waals surface area contributed by atoms with Gasteiger partial charge in [0.15, 0.2) is 5.82 Å². The third kappa shape index (κ3) is 3.12. The first-order valence-corrected chi connectivity index (χ1v) is 6.39. The lowest BCUT2D eigenvalue weighted by molar-refractivity contribution is 0.114. The number of nitrogens with zero attached hydrogens (tertiary/aromatic N) is 2. The summed E-state index contributed by atoms with van der Waals surface area (Å²) in [7, 11) is 0. The monoisotopic (exact) mass is 261 g/mol. The zero-order valence-electron chi connectivity index (χ0n) is 11.6. The van der Waals surface area contributed by atoms with Crippen LogP contribution >= 0.6 is 0 Å². The molecule has 0 saturated carbocycles. The highest BCUT2D eigenvalue weighted by Crippen LogP contribution is 2.27. The van der Waals surface area contributed by atoms with E-state index in [1.807, 2.05) is 26.0 Å². The first-order chi connectivity index (χ1) is 9.11. The molecule has 0 aliphatic rings.